The largest absolute Gasteiger partial charge is 0.506 e. The van der Waals surface area contributed by atoms with Crippen LogP contribution in [0.5, 0.6) is 5.75 Å². The highest BCUT2D eigenvalue weighted by atomic mass is 32.2. The number of ether oxygens (including phenoxy) is 1. The number of nitrogens with one attached hydrogen (secondary N) is 1. The quantitative estimate of drug-likeness (QED) is 0.0908. The number of fused-ring (bicyclic) bond motifs is 1. The molecule has 22 heteroatoms. The summed E-state index contributed by atoms with van der Waals surface area (Å²) in [6.45, 7) is 0.0256. The number of benzene rings is 4. The zero-order valence-corrected chi connectivity index (χ0v) is 28.3. The maximum atomic E-state index is 13.7. The number of sulfonamides is 2. The van der Waals surface area contributed by atoms with E-state index in [9.17, 15) is 53.4 Å². The average molecular weight is 756 g/mol. The molecule has 0 radical (unpaired) electrons. The molecule has 4 aromatic rings. The Morgan fingerprint density at radius 3 is 2.10 bits per heavy atom. The molecule has 0 saturated carbocycles. The van der Waals surface area contributed by atoms with Crippen molar-refractivity contribution in [2.45, 2.75) is 19.6 Å². The Bertz CT molecular complexity index is 2480. The molecule has 4 aromatic carbocycles. The van der Waals surface area contributed by atoms with Gasteiger partial charge in [-0.25, -0.2) is 25.3 Å². The van der Waals surface area contributed by atoms with Crippen molar-refractivity contribution in [1.29, 1.82) is 0 Å². The topological polar surface area (TPSA) is 269 Å². The Labute approximate surface area is 279 Å². The number of nitro benzene ring substituents is 1. The van der Waals surface area contributed by atoms with E-state index >= 15 is 0 Å². The molecule has 1 saturated heterocycles. The number of sulfone groups is 1. The van der Waals surface area contributed by atoms with Crippen molar-refractivity contribution in [1.82, 2.24) is 4.31 Å². The van der Waals surface area contributed by atoms with Gasteiger partial charge >= 0.3 is 0 Å². The fraction of sp³-hybridized carbons (Fsp3) is 0.185. The number of phenols is 1. The molecule has 1 heterocycles. The van der Waals surface area contributed by atoms with Crippen LogP contribution in [0.2, 0.25) is 0 Å². The van der Waals surface area contributed by atoms with Gasteiger partial charge in [-0.05, 0) is 36.4 Å². The molecule has 1 aliphatic heterocycles. The third kappa shape index (κ3) is 7.39. The van der Waals surface area contributed by atoms with Crippen LogP contribution in [0.3, 0.4) is 0 Å². The van der Waals surface area contributed by atoms with Gasteiger partial charge in [0.2, 0.25) is 10.0 Å². The standard InChI is InChI=1S/C27H25N5O13S4/c1-46(36,37)24-14-17(32(34)35)8-9-21(24)28-29-23-16-25(48(40,41)31-10-12-45-13-11-31)27(33)20-6-3-7-22(26(20)23)30-47(38,39)18-4-2-5-19(15-18)49(42,43)44/h2-9,14-16,30,33H,10-13H2,1H3,(H,42,43,44). The van der Waals surface area contributed by atoms with Crippen molar-refractivity contribution in [3.8, 4) is 5.75 Å². The third-order valence-corrected chi connectivity index (χ3v) is 12.4. The average Bonchev–Trinajstić information content (AvgIpc) is 3.04. The van der Waals surface area contributed by atoms with Gasteiger partial charge in [-0.1, -0.05) is 18.2 Å². The Hall–Kier alpha value is -4.58. The molecule has 0 aliphatic carbocycles. The normalized spacial score (nSPS) is 15.1. The highest BCUT2D eigenvalue weighted by Gasteiger charge is 2.32. The second-order valence-electron chi connectivity index (χ2n) is 10.4. The summed E-state index contributed by atoms with van der Waals surface area (Å²) in [6.07, 6.45) is 0.776. The molecule has 49 heavy (non-hydrogen) atoms. The van der Waals surface area contributed by atoms with Crippen molar-refractivity contribution in [2.24, 2.45) is 10.2 Å². The first-order valence-corrected chi connectivity index (χ1v) is 19.9. The van der Waals surface area contributed by atoms with Crippen LogP contribution in [0, 0.1) is 10.1 Å². The second kappa shape index (κ2) is 13.0. The molecule has 5 rings (SSSR count). The van der Waals surface area contributed by atoms with Gasteiger partial charge in [0.15, 0.2) is 9.84 Å². The van der Waals surface area contributed by atoms with E-state index < -0.39 is 75.9 Å². The second-order valence-corrected chi connectivity index (χ2v) is 17.4. The number of hydrogen-bond donors (Lipinski definition) is 3. The van der Waals surface area contributed by atoms with Crippen LogP contribution in [-0.2, 0) is 44.7 Å². The molecular weight excluding hydrogens is 731 g/mol. The lowest BCUT2D eigenvalue weighted by Gasteiger charge is -2.26. The Morgan fingerprint density at radius 2 is 1.47 bits per heavy atom. The number of non-ortho nitro benzene ring substituents is 1. The zero-order chi connectivity index (χ0) is 35.9. The van der Waals surface area contributed by atoms with Crippen LogP contribution in [-0.4, -0.2) is 85.1 Å². The number of aromatic hydroxyl groups is 1. The van der Waals surface area contributed by atoms with Gasteiger partial charge in [-0.3, -0.25) is 19.4 Å². The van der Waals surface area contributed by atoms with Crippen molar-refractivity contribution >= 4 is 73.5 Å². The lowest BCUT2D eigenvalue weighted by atomic mass is 10.1. The number of anilines is 1. The van der Waals surface area contributed by atoms with Crippen LogP contribution >= 0.6 is 0 Å². The summed E-state index contributed by atoms with van der Waals surface area (Å²) >= 11 is 0. The minimum absolute atomic E-state index is 0.0559. The Balaban J connectivity index is 1.75. The van der Waals surface area contributed by atoms with E-state index in [4.69, 9.17) is 4.74 Å². The van der Waals surface area contributed by atoms with Crippen molar-refractivity contribution in [3.63, 3.8) is 0 Å². The maximum Gasteiger partial charge on any atom is 0.294 e. The number of morpholine rings is 1. The molecule has 260 valence electrons. The first-order valence-electron chi connectivity index (χ1n) is 13.7. The highest BCUT2D eigenvalue weighted by molar-refractivity contribution is 7.93. The summed E-state index contributed by atoms with van der Waals surface area (Å²) in [7, 11) is -18.0. The van der Waals surface area contributed by atoms with Crippen LogP contribution in [0.15, 0.2) is 96.5 Å². The molecule has 18 nitrogen and oxygen atoms in total. The van der Waals surface area contributed by atoms with Gasteiger partial charge in [0.25, 0.3) is 25.8 Å². The Morgan fingerprint density at radius 1 is 0.837 bits per heavy atom. The smallest absolute Gasteiger partial charge is 0.294 e. The first kappa shape index (κ1) is 35.7. The minimum Gasteiger partial charge on any atom is -0.506 e. The van der Waals surface area contributed by atoms with Gasteiger partial charge in [-0.2, -0.15) is 12.7 Å². The molecule has 0 spiro atoms. The van der Waals surface area contributed by atoms with E-state index in [1.54, 1.807) is 0 Å². The summed E-state index contributed by atoms with van der Waals surface area (Å²) in [5, 5.41) is 30.1. The number of hydrogen-bond acceptors (Lipinski definition) is 14. The number of azo groups is 1. The molecule has 1 aliphatic rings. The van der Waals surface area contributed by atoms with Crippen LogP contribution in [0.1, 0.15) is 0 Å². The van der Waals surface area contributed by atoms with E-state index in [1.807, 2.05) is 0 Å². The maximum absolute atomic E-state index is 13.7. The van der Waals surface area contributed by atoms with Gasteiger partial charge in [0.05, 0.1) is 39.3 Å². The van der Waals surface area contributed by atoms with Crippen LogP contribution in [0.25, 0.3) is 10.8 Å². The van der Waals surface area contributed by atoms with E-state index in [-0.39, 0.29) is 54.1 Å². The summed E-state index contributed by atoms with van der Waals surface area (Å²) < 4.78 is 120. The van der Waals surface area contributed by atoms with Crippen molar-refractivity contribution in [3.05, 3.63) is 76.8 Å². The van der Waals surface area contributed by atoms with Gasteiger partial charge in [0, 0.05) is 42.3 Å². The van der Waals surface area contributed by atoms with E-state index in [0.29, 0.717) is 6.07 Å². The first-order chi connectivity index (χ1) is 22.8. The van der Waals surface area contributed by atoms with Crippen LogP contribution in [0.4, 0.5) is 22.7 Å². The molecule has 1 fully saturated rings. The lowest BCUT2D eigenvalue weighted by molar-refractivity contribution is -0.385. The summed E-state index contributed by atoms with van der Waals surface area (Å²) in [4.78, 5) is 7.92. The van der Waals surface area contributed by atoms with Crippen molar-refractivity contribution in [2.75, 3.05) is 37.3 Å². The van der Waals surface area contributed by atoms with Gasteiger partial charge in [0.1, 0.15) is 21.2 Å². The summed E-state index contributed by atoms with van der Waals surface area (Å²) in [6, 6.07) is 11.1. The van der Waals surface area contributed by atoms with Gasteiger partial charge < -0.3 is 9.84 Å². The lowest BCUT2D eigenvalue weighted by Crippen LogP contribution is -2.40. The summed E-state index contributed by atoms with van der Waals surface area (Å²) in [5.74, 6) is -0.790. The Kier molecular flexibility index (Phi) is 9.50. The molecular formula is C27H25N5O13S4. The fourth-order valence-corrected chi connectivity index (χ4v) is 8.88. The predicted octanol–water partition coefficient (Wildman–Crippen LogP) is 3.34. The zero-order valence-electron chi connectivity index (χ0n) is 25.0. The summed E-state index contributed by atoms with van der Waals surface area (Å²) in [5.41, 5.74) is -1.64. The number of rotatable bonds is 10. The monoisotopic (exact) mass is 755 g/mol. The predicted molar refractivity (Wildman–Crippen MR) is 173 cm³/mol. The fourth-order valence-electron chi connectivity index (χ4n) is 4.82. The van der Waals surface area contributed by atoms with E-state index in [2.05, 4.69) is 15.0 Å². The molecule has 0 unspecified atom stereocenters. The van der Waals surface area contributed by atoms with Crippen LogP contribution < -0.4 is 4.72 Å². The highest BCUT2D eigenvalue weighted by Crippen LogP contribution is 2.44. The van der Waals surface area contributed by atoms with Crippen molar-refractivity contribution < 1.29 is 53.0 Å². The molecule has 3 N–H and O–H groups in total. The minimum atomic E-state index is -4.79. The molecule has 0 aromatic heterocycles. The van der Waals surface area contributed by atoms with E-state index in [0.717, 1.165) is 53.0 Å². The van der Waals surface area contributed by atoms with E-state index in [1.165, 1.54) is 18.2 Å². The third-order valence-electron chi connectivity index (χ3n) is 7.14. The number of nitro groups is 1. The van der Waals surface area contributed by atoms with Gasteiger partial charge in [-0.15, -0.1) is 10.2 Å². The molecule has 0 amide bonds. The molecule has 0 bridgehead atoms. The molecule has 0 atom stereocenters. The number of nitrogens with zero attached hydrogens (tertiary/aromatic N) is 4. The number of phenolic OH excluding ortho intramolecular Hbond substituents is 1. The SMILES string of the molecule is CS(=O)(=O)c1cc([N+](=O)[O-])ccc1N=Nc1cc(S(=O)(=O)N2CCOCC2)c(O)c2cccc(NS(=O)(=O)c3cccc(S(=O)(=O)O)c3)c12.